The Morgan fingerprint density at radius 1 is 1.33 bits per heavy atom. The van der Waals surface area contributed by atoms with Crippen molar-refractivity contribution >= 4 is 10.0 Å². The Morgan fingerprint density at radius 3 is 2.57 bits per heavy atom. The molecule has 0 saturated heterocycles. The molecule has 0 heterocycles. The van der Waals surface area contributed by atoms with Crippen LogP contribution in [0.4, 0.5) is 0 Å². The van der Waals surface area contributed by atoms with Crippen molar-refractivity contribution in [2.24, 2.45) is 5.73 Å². The number of nitrogens with two attached hydrogens (primary N) is 1. The SMILES string of the molecule is CCOc1ccc(S(=O)(=O)NC2(C)CCCC2)cc1CN. The second kappa shape index (κ2) is 6.34. The van der Waals surface area contributed by atoms with Crippen LogP contribution in [-0.4, -0.2) is 20.6 Å². The first-order valence-corrected chi connectivity index (χ1v) is 8.88. The van der Waals surface area contributed by atoms with Gasteiger partial charge in [-0.3, -0.25) is 0 Å². The molecule has 0 aromatic heterocycles. The molecule has 1 aliphatic carbocycles. The van der Waals surface area contributed by atoms with Crippen LogP contribution in [0.25, 0.3) is 0 Å². The van der Waals surface area contributed by atoms with Crippen LogP contribution in [0.3, 0.4) is 0 Å². The third-order valence-corrected chi connectivity index (χ3v) is 5.59. The van der Waals surface area contributed by atoms with Gasteiger partial charge >= 0.3 is 0 Å². The van der Waals surface area contributed by atoms with Gasteiger partial charge in [-0.05, 0) is 44.9 Å². The van der Waals surface area contributed by atoms with E-state index in [-0.39, 0.29) is 17.0 Å². The van der Waals surface area contributed by atoms with Gasteiger partial charge in [-0.25, -0.2) is 13.1 Å². The summed E-state index contributed by atoms with van der Waals surface area (Å²) in [7, 11) is -3.53. The van der Waals surface area contributed by atoms with Crippen molar-refractivity contribution in [3.05, 3.63) is 23.8 Å². The lowest BCUT2D eigenvalue weighted by molar-refractivity contribution is 0.336. The smallest absolute Gasteiger partial charge is 0.241 e. The topological polar surface area (TPSA) is 81.4 Å². The van der Waals surface area contributed by atoms with Crippen LogP contribution in [0.15, 0.2) is 23.1 Å². The maximum Gasteiger partial charge on any atom is 0.241 e. The third kappa shape index (κ3) is 3.75. The van der Waals surface area contributed by atoms with Gasteiger partial charge in [0.2, 0.25) is 10.0 Å². The van der Waals surface area contributed by atoms with Gasteiger partial charge in [0.25, 0.3) is 0 Å². The highest BCUT2D eigenvalue weighted by molar-refractivity contribution is 7.89. The highest BCUT2D eigenvalue weighted by Gasteiger charge is 2.33. The van der Waals surface area contributed by atoms with Gasteiger partial charge in [0.05, 0.1) is 11.5 Å². The van der Waals surface area contributed by atoms with Gasteiger partial charge < -0.3 is 10.5 Å². The first-order chi connectivity index (χ1) is 9.90. The monoisotopic (exact) mass is 312 g/mol. The van der Waals surface area contributed by atoms with Crippen LogP contribution in [-0.2, 0) is 16.6 Å². The molecule has 1 fully saturated rings. The van der Waals surface area contributed by atoms with Crippen LogP contribution < -0.4 is 15.2 Å². The highest BCUT2D eigenvalue weighted by Crippen LogP contribution is 2.31. The zero-order chi connectivity index (χ0) is 15.5. The van der Waals surface area contributed by atoms with E-state index in [1.54, 1.807) is 18.2 Å². The summed E-state index contributed by atoms with van der Waals surface area (Å²) in [5.41, 5.74) is 6.06. The summed E-state index contributed by atoms with van der Waals surface area (Å²) in [5, 5.41) is 0. The van der Waals surface area contributed by atoms with E-state index in [1.165, 1.54) is 0 Å². The molecule has 0 spiro atoms. The van der Waals surface area contributed by atoms with Crippen LogP contribution in [0.1, 0.15) is 45.1 Å². The Kier molecular flexibility index (Phi) is 4.91. The number of hydrogen-bond donors (Lipinski definition) is 2. The average Bonchev–Trinajstić information content (AvgIpc) is 2.84. The molecule has 6 heteroatoms. The van der Waals surface area contributed by atoms with Crippen LogP contribution in [0, 0.1) is 0 Å². The number of benzene rings is 1. The fourth-order valence-corrected chi connectivity index (χ4v) is 4.33. The summed E-state index contributed by atoms with van der Waals surface area (Å²) in [5.74, 6) is 0.644. The molecule has 5 nitrogen and oxygen atoms in total. The van der Waals surface area contributed by atoms with E-state index in [1.807, 2.05) is 13.8 Å². The van der Waals surface area contributed by atoms with E-state index in [9.17, 15) is 8.42 Å². The van der Waals surface area contributed by atoms with Crippen molar-refractivity contribution < 1.29 is 13.2 Å². The molecule has 0 unspecified atom stereocenters. The first-order valence-electron chi connectivity index (χ1n) is 7.40. The Morgan fingerprint density at radius 2 is 2.00 bits per heavy atom. The molecule has 118 valence electrons. The Labute approximate surface area is 126 Å². The van der Waals surface area contributed by atoms with Gasteiger partial charge in [0.1, 0.15) is 5.75 Å². The first kappa shape index (κ1) is 16.3. The number of nitrogens with one attached hydrogen (secondary N) is 1. The molecule has 2 rings (SSSR count). The van der Waals surface area contributed by atoms with Gasteiger partial charge in [-0.1, -0.05) is 12.8 Å². The van der Waals surface area contributed by atoms with E-state index in [0.717, 1.165) is 25.7 Å². The van der Waals surface area contributed by atoms with Crippen LogP contribution in [0.2, 0.25) is 0 Å². The summed E-state index contributed by atoms with van der Waals surface area (Å²) in [4.78, 5) is 0.250. The van der Waals surface area contributed by atoms with Crippen LogP contribution >= 0.6 is 0 Å². The van der Waals surface area contributed by atoms with Crippen LogP contribution in [0.5, 0.6) is 5.75 Å². The second-order valence-electron chi connectivity index (χ2n) is 5.78. The molecule has 0 bridgehead atoms. The summed E-state index contributed by atoms with van der Waals surface area (Å²) in [6.07, 6.45) is 3.90. The lowest BCUT2D eigenvalue weighted by Gasteiger charge is -2.25. The minimum absolute atomic E-state index is 0.246. The molecule has 21 heavy (non-hydrogen) atoms. The highest BCUT2D eigenvalue weighted by atomic mass is 32.2. The number of sulfonamides is 1. The van der Waals surface area contributed by atoms with Crippen molar-refractivity contribution in [2.45, 2.75) is 56.5 Å². The molecule has 0 aliphatic heterocycles. The van der Waals surface area contributed by atoms with E-state index in [4.69, 9.17) is 10.5 Å². The Balaban J connectivity index is 2.27. The minimum Gasteiger partial charge on any atom is -0.494 e. The number of hydrogen-bond acceptors (Lipinski definition) is 4. The Hall–Kier alpha value is -1.11. The molecule has 0 amide bonds. The fourth-order valence-electron chi connectivity index (χ4n) is 2.82. The third-order valence-electron chi connectivity index (χ3n) is 3.95. The number of rotatable bonds is 6. The van der Waals surface area contributed by atoms with E-state index in [2.05, 4.69) is 4.72 Å². The zero-order valence-electron chi connectivity index (χ0n) is 12.7. The largest absolute Gasteiger partial charge is 0.494 e. The molecule has 1 aromatic carbocycles. The van der Waals surface area contributed by atoms with Gasteiger partial charge in [-0.15, -0.1) is 0 Å². The summed E-state index contributed by atoms with van der Waals surface area (Å²) >= 11 is 0. The molecule has 1 aliphatic rings. The molecule has 0 radical (unpaired) electrons. The second-order valence-corrected chi connectivity index (χ2v) is 7.46. The van der Waals surface area contributed by atoms with E-state index in [0.29, 0.717) is 17.9 Å². The fraction of sp³-hybridized carbons (Fsp3) is 0.600. The van der Waals surface area contributed by atoms with Gasteiger partial charge in [-0.2, -0.15) is 0 Å². The summed E-state index contributed by atoms with van der Waals surface area (Å²) < 4.78 is 33.4. The quantitative estimate of drug-likeness (QED) is 0.843. The van der Waals surface area contributed by atoms with Crippen molar-refractivity contribution in [1.82, 2.24) is 4.72 Å². The van der Waals surface area contributed by atoms with Crippen molar-refractivity contribution in [3.8, 4) is 5.75 Å². The molecular weight excluding hydrogens is 288 g/mol. The van der Waals surface area contributed by atoms with Gasteiger partial charge in [0.15, 0.2) is 0 Å². The predicted octanol–water partition coefficient (Wildman–Crippen LogP) is 2.16. The lowest BCUT2D eigenvalue weighted by atomic mass is 10.0. The summed E-state index contributed by atoms with van der Waals surface area (Å²) in [6, 6.07) is 4.85. The molecular formula is C15H24N2O3S. The molecule has 1 aromatic rings. The lowest BCUT2D eigenvalue weighted by Crippen LogP contribution is -2.43. The maximum atomic E-state index is 12.5. The average molecular weight is 312 g/mol. The normalized spacial score (nSPS) is 17.9. The Bertz CT molecular complexity index is 593. The van der Waals surface area contributed by atoms with Crippen molar-refractivity contribution in [3.63, 3.8) is 0 Å². The zero-order valence-corrected chi connectivity index (χ0v) is 13.5. The van der Waals surface area contributed by atoms with Crippen molar-refractivity contribution in [1.29, 1.82) is 0 Å². The van der Waals surface area contributed by atoms with Crippen molar-refractivity contribution in [2.75, 3.05) is 6.61 Å². The predicted molar refractivity (Wildman–Crippen MR) is 82.7 cm³/mol. The maximum absolute atomic E-state index is 12.5. The number of ether oxygens (including phenoxy) is 1. The van der Waals surface area contributed by atoms with Gasteiger partial charge in [0, 0.05) is 17.6 Å². The molecule has 3 N–H and O–H groups in total. The minimum atomic E-state index is -3.53. The van der Waals surface area contributed by atoms with E-state index < -0.39 is 10.0 Å². The molecule has 0 atom stereocenters. The standard InChI is InChI=1S/C15H24N2O3S/c1-3-20-14-7-6-13(10-12(14)11-16)21(18,19)17-15(2)8-4-5-9-15/h6-7,10,17H,3-5,8-9,11,16H2,1-2H3. The van der Waals surface area contributed by atoms with E-state index >= 15 is 0 Å². The summed E-state index contributed by atoms with van der Waals surface area (Å²) in [6.45, 7) is 4.62. The molecule has 1 saturated carbocycles.